The molecule has 8 rings (SSSR count). The van der Waals surface area contributed by atoms with Gasteiger partial charge in [-0.2, -0.15) is 0 Å². The minimum Gasteiger partial charge on any atom is -0.494 e. The summed E-state index contributed by atoms with van der Waals surface area (Å²) >= 11 is 6.08. The molecule has 0 unspecified atom stereocenters. The molecule has 0 spiro atoms. The third kappa shape index (κ3) is 4.76. The number of aromatic nitrogens is 3. The van der Waals surface area contributed by atoms with E-state index in [1.54, 1.807) is 31.5 Å². The molecule has 2 saturated heterocycles. The molecule has 2 aromatic heterocycles. The molecule has 12 heteroatoms. The number of aromatic carboxylic acids is 1. The molecule has 1 aliphatic carbocycles. The van der Waals surface area contributed by atoms with Gasteiger partial charge in [0.05, 0.1) is 48.1 Å². The molecular weight excluding hydrogens is 598 g/mol. The van der Waals surface area contributed by atoms with E-state index in [9.17, 15) is 9.90 Å². The van der Waals surface area contributed by atoms with Crippen LogP contribution < -0.4 is 19.1 Å². The Morgan fingerprint density at radius 2 is 1.98 bits per heavy atom. The van der Waals surface area contributed by atoms with E-state index >= 15 is 0 Å². The highest BCUT2D eigenvalue weighted by Gasteiger charge is 2.47. The van der Waals surface area contributed by atoms with Crippen LogP contribution in [0, 0.1) is 0 Å². The molecule has 11 nitrogen and oxygen atoms in total. The summed E-state index contributed by atoms with van der Waals surface area (Å²) in [6.45, 7) is 5.55. The molecule has 45 heavy (non-hydrogen) atoms. The highest BCUT2D eigenvalue weighted by molar-refractivity contribution is 6.30. The number of ether oxygens (including phenoxy) is 4. The summed E-state index contributed by atoms with van der Waals surface area (Å²) in [7, 11) is 1.55. The Morgan fingerprint density at radius 1 is 1.13 bits per heavy atom. The number of piperazine rings is 1. The van der Waals surface area contributed by atoms with Gasteiger partial charge in [-0.15, -0.1) is 0 Å². The third-order valence-electron chi connectivity index (χ3n) is 9.65. The lowest BCUT2D eigenvalue weighted by atomic mass is 9.81. The minimum atomic E-state index is -1.05. The Bertz CT molecular complexity index is 1790. The topological polar surface area (TPSA) is 111 Å². The zero-order valence-electron chi connectivity index (χ0n) is 25.1. The van der Waals surface area contributed by atoms with Crippen molar-refractivity contribution in [3.8, 4) is 17.2 Å². The van der Waals surface area contributed by atoms with Gasteiger partial charge in [0.15, 0.2) is 11.5 Å². The first-order valence-electron chi connectivity index (χ1n) is 15.4. The van der Waals surface area contributed by atoms with E-state index < -0.39 is 11.8 Å². The molecule has 1 N–H and O–H groups in total. The maximum absolute atomic E-state index is 11.9. The Hall–Kier alpha value is -4.06. The fourth-order valence-corrected chi connectivity index (χ4v) is 7.17. The number of anilines is 1. The van der Waals surface area contributed by atoms with Crippen LogP contribution in [0.1, 0.15) is 48.1 Å². The molecule has 1 saturated carbocycles. The highest BCUT2D eigenvalue weighted by Crippen LogP contribution is 2.51. The smallest absolute Gasteiger partial charge is 0.335 e. The monoisotopic (exact) mass is 631 g/mol. The van der Waals surface area contributed by atoms with Crippen LogP contribution in [0.5, 0.6) is 17.2 Å². The molecule has 0 bridgehead atoms. The van der Waals surface area contributed by atoms with Crippen LogP contribution in [0.25, 0.3) is 11.0 Å². The van der Waals surface area contributed by atoms with Crippen LogP contribution >= 0.6 is 11.6 Å². The molecule has 5 heterocycles. The van der Waals surface area contributed by atoms with Gasteiger partial charge in [-0.1, -0.05) is 17.7 Å². The maximum atomic E-state index is 11.9. The van der Waals surface area contributed by atoms with Crippen LogP contribution in [0.15, 0.2) is 48.7 Å². The van der Waals surface area contributed by atoms with E-state index in [-0.39, 0.29) is 11.7 Å². The molecule has 2 aromatic carbocycles. The normalized spacial score (nSPS) is 25.5. The second-order valence-electron chi connectivity index (χ2n) is 12.3. The number of carboxylic acid groups (broad SMARTS) is 1. The fourth-order valence-electron chi connectivity index (χ4n) is 7.06. The number of rotatable bonds is 8. The molecule has 4 aliphatic rings. The van der Waals surface area contributed by atoms with E-state index in [2.05, 4.69) is 25.4 Å². The van der Waals surface area contributed by atoms with Crippen molar-refractivity contribution in [2.45, 2.75) is 63.3 Å². The molecule has 0 radical (unpaired) electrons. The van der Waals surface area contributed by atoms with Gasteiger partial charge in [0, 0.05) is 44.9 Å². The van der Waals surface area contributed by atoms with Gasteiger partial charge in [0.2, 0.25) is 0 Å². The number of methoxy groups -OCH3 is 1. The largest absolute Gasteiger partial charge is 0.494 e. The highest BCUT2D eigenvalue weighted by atomic mass is 35.5. The van der Waals surface area contributed by atoms with Gasteiger partial charge in [-0.25, -0.2) is 9.78 Å². The molecule has 234 valence electrons. The van der Waals surface area contributed by atoms with Crippen molar-refractivity contribution >= 4 is 34.3 Å². The lowest BCUT2D eigenvalue weighted by Crippen LogP contribution is -2.64. The van der Waals surface area contributed by atoms with Gasteiger partial charge in [0.1, 0.15) is 22.8 Å². The summed E-state index contributed by atoms with van der Waals surface area (Å²) in [5, 5.41) is 10.3. The van der Waals surface area contributed by atoms with Crippen LogP contribution in [-0.2, 0) is 23.6 Å². The Kier molecular flexibility index (Phi) is 6.81. The van der Waals surface area contributed by atoms with E-state index in [0.717, 1.165) is 61.7 Å². The van der Waals surface area contributed by atoms with Crippen molar-refractivity contribution < 1.29 is 28.8 Å². The fraction of sp³-hybridized carbons (Fsp3) is 0.424. The number of benzene rings is 2. The summed E-state index contributed by atoms with van der Waals surface area (Å²) in [5.41, 5.74) is 3.30. The average molecular weight is 632 g/mol. The number of nitrogens with zero attached hydrogens (tertiary/aromatic N) is 5. The number of halogens is 1. The summed E-state index contributed by atoms with van der Waals surface area (Å²) in [5.74, 6) is 0.750. The molecule has 4 aromatic rings. The van der Waals surface area contributed by atoms with E-state index in [1.165, 1.54) is 0 Å². The molecule has 4 atom stereocenters. The summed E-state index contributed by atoms with van der Waals surface area (Å²) in [6.07, 6.45) is 4.82. The lowest BCUT2D eigenvalue weighted by Gasteiger charge is -2.54. The molecule has 0 amide bonds. The number of fused-ring (bicyclic) bond motifs is 3. The van der Waals surface area contributed by atoms with Gasteiger partial charge < -0.3 is 33.5 Å². The number of hydrogen-bond donors (Lipinski definition) is 1. The Balaban J connectivity index is 1.06. The minimum absolute atomic E-state index is 0.0880. The SMILES string of the molecule is COc1cc(C(=O)O)cc2c1nc(CN1CCN(c3cccc4c3O[C@@](C)(c3ccc(Cl)cn3)O4)[C@H]3CC[C@@H]31)n2C[C@@H]1CCO1. The van der Waals surface area contributed by atoms with Crippen molar-refractivity contribution in [2.24, 2.45) is 0 Å². The number of pyridine rings is 1. The molecule has 3 fully saturated rings. The predicted octanol–water partition coefficient (Wildman–Crippen LogP) is 5.08. The number of para-hydroxylation sites is 1. The Labute approximate surface area is 265 Å². The number of carboxylic acids is 1. The summed E-state index contributed by atoms with van der Waals surface area (Å²) < 4.78 is 26.4. The number of hydrogen-bond acceptors (Lipinski definition) is 9. The van der Waals surface area contributed by atoms with Crippen LogP contribution in [0.2, 0.25) is 5.02 Å². The van der Waals surface area contributed by atoms with Gasteiger partial charge in [-0.05, 0) is 55.7 Å². The van der Waals surface area contributed by atoms with Crippen LogP contribution in [-0.4, -0.2) is 75.5 Å². The maximum Gasteiger partial charge on any atom is 0.335 e. The van der Waals surface area contributed by atoms with Crippen LogP contribution in [0.3, 0.4) is 0 Å². The third-order valence-corrected chi connectivity index (χ3v) is 9.87. The van der Waals surface area contributed by atoms with E-state index in [1.807, 2.05) is 25.1 Å². The average Bonchev–Trinajstić information content (AvgIpc) is 3.52. The van der Waals surface area contributed by atoms with Gasteiger partial charge in [-0.3, -0.25) is 9.88 Å². The van der Waals surface area contributed by atoms with Gasteiger partial charge in [0.25, 0.3) is 5.79 Å². The first kappa shape index (κ1) is 28.4. The molecular formula is C33H34ClN5O6. The van der Waals surface area contributed by atoms with Crippen molar-refractivity contribution in [3.63, 3.8) is 0 Å². The summed E-state index contributed by atoms with van der Waals surface area (Å²) in [4.78, 5) is 26.4. The number of imidazole rings is 1. The molecule has 3 aliphatic heterocycles. The first-order valence-corrected chi connectivity index (χ1v) is 15.7. The van der Waals surface area contributed by atoms with E-state index in [0.29, 0.717) is 52.9 Å². The Morgan fingerprint density at radius 3 is 2.67 bits per heavy atom. The zero-order chi connectivity index (χ0) is 30.9. The van der Waals surface area contributed by atoms with Crippen molar-refractivity contribution in [1.82, 2.24) is 19.4 Å². The first-order chi connectivity index (χ1) is 21.8. The van der Waals surface area contributed by atoms with Crippen molar-refractivity contribution in [3.05, 3.63) is 70.8 Å². The second kappa shape index (κ2) is 10.8. The van der Waals surface area contributed by atoms with Crippen LogP contribution in [0.4, 0.5) is 5.69 Å². The predicted molar refractivity (Wildman–Crippen MR) is 166 cm³/mol. The van der Waals surface area contributed by atoms with Gasteiger partial charge >= 0.3 is 5.97 Å². The summed E-state index contributed by atoms with van der Waals surface area (Å²) in [6, 6.07) is 13.6. The van der Waals surface area contributed by atoms with E-state index in [4.69, 9.17) is 35.5 Å². The second-order valence-corrected chi connectivity index (χ2v) is 12.7. The number of carbonyl (C=O) groups is 1. The lowest BCUT2D eigenvalue weighted by molar-refractivity contribution is -0.0717. The standard InChI is InChI=1S/C33H34ClN5O6/c1-33(28-9-6-20(34)16-35-28)44-26-5-3-4-24(31(26)45-33)38-12-11-37(22-7-8-23(22)38)18-29-36-30-25(39(29)17-21-10-13-43-21)14-19(32(40)41)15-27(30)42-2/h3-6,9,14-16,21-23H,7-8,10-13,17-18H2,1-2H3,(H,40,41)/t21-,22-,23-,33-/m0/s1. The quantitative estimate of drug-likeness (QED) is 0.283. The van der Waals surface area contributed by atoms with Crippen molar-refractivity contribution in [1.29, 1.82) is 0 Å². The van der Waals surface area contributed by atoms with Crippen molar-refractivity contribution in [2.75, 3.05) is 31.7 Å². The zero-order valence-corrected chi connectivity index (χ0v) is 25.9.